The van der Waals surface area contributed by atoms with Crippen LogP contribution in [-0.2, 0) is 11.3 Å². The number of halogens is 1. The van der Waals surface area contributed by atoms with Crippen LogP contribution in [0.5, 0.6) is 0 Å². The SMILES string of the molecule is Cc1ccc(CNCC(=O)Nc2ccc(Br)cc2)o1. The topological polar surface area (TPSA) is 54.3 Å². The van der Waals surface area contributed by atoms with Gasteiger partial charge < -0.3 is 15.1 Å². The van der Waals surface area contributed by atoms with Crippen molar-refractivity contribution in [1.82, 2.24) is 5.32 Å². The minimum Gasteiger partial charge on any atom is -0.465 e. The molecule has 19 heavy (non-hydrogen) atoms. The van der Waals surface area contributed by atoms with Gasteiger partial charge >= 0.3 is 0 Å². The third-order valence-electron chi connectivity index (χ3n) is 2.51. The molecular weight excluding hydrogens is 308 g/mol. The average molecular weight is 323 g/mol. The van der Waals surface area contributed by atoms with Gasteiger partial charge in [0.15, 0.2) is 0 Å². The third-order valence-corrected chi connectivity index (χ3v) is 3.04. The van der Waals surface area contributed by atoms with Crippen molar-refractivity contribution in [1.29, 1.82) is 0 Å². The molecule has 0 bridgehead atoms. The number of amides is 1. The summed E-state index contributed by atoms with van der Waals surface area (Å²) in [4.78, 5) is 11.7. The van der Waals surface area contributed by atoms with Crippen molar-refractivity contribution in [2.75, 3.05) is 11.9 Å². The summed E-state index contributed by atoms with van der Waals surface area (Å²) in [5, 5.41) is 5.84. The molecule has 2 rings (SSSR count). The highest BCUT2D eigenvalue weighted by Crippen LogP contribution is 2.13. The molecule has 0 aliphatic rings. The zero-order chi connectivity index (χ0) is 13.7. The summed E-state index contributed by atoms with van der Waals surface area (Å²) in [6.07, 6.45) is 0. The van der Waals surface area contributed by atoms with Crippen LogP contribution in [0.15, 0.2) is 45.3 Å². The fraction of sp³-hybridized carbons (Fsp3) is 0.214. The Balaban J connectivity index is 1.74. The van der Waals surface area contributed by atoms with Crippen molar-refractivity contribution in [3.05, 3.63) is 52.4 Å². The molecule has 0 saturated carbocycles. The Morgan fingerprint density at radius 2 is 1.95 bits per heavy atom. The smallest absolute Gasteiger partial charge is 0.238 e. The number of carbonyl (C=O) groups is 1. The van der Waals surface area contributed by atoms with Crippen molar-refractivity contribution in [3.63, 3.8) is 0 Å². The molecule has 4 nitrogen and oxygen atoms in total. The molecule has 0 aliphatic heterocycles. The van der Waals surface area contributed by atoms with E-state index in [0.29, 0.717) is 6.54 Å². The summed E-state index contributed by atoms with van der Waals surface area (Å²) in [5.41, 5.74) is 0.781. The van der Waals surface area contributed by atoms with Gasteiger partial charge in [-0.15, -0.1) is 0 Å². The fourth-order valence-electron chi connectivity index (χ4n) is 1.62. The van der Waals surface area contributed by atoms with E-state index in [9.17, 15) is 4.79 Å². The van der Waals surface area contributed by atoms with Crippen LogP contribution in [0.3, 0.4) is 0 Å². The maximum atomic E-state index is 11.7. The first-order valence-electron chi connectivity index (χ1n) is 5.95. The van der Waals surface area contributed by atoms with Crippen molar-refractivity contribution >= 4 is 27.5 Å². The second-order valence-electron chi connectivity index (χ2n) is 4.17. The van der Waals surface area contributed by atoms with Crippen LogP contribution in [0, 0.1) is 6.92 Å². The first-order valence-corrected chi connectivity index (χ1v) is 6.74. The maximum Gasteiger partial charge on any atom is 0.238 e. The van der Waals surface area contributed by atoms with E-state index >= 15 is 0 Å². The first kappa shape index (κ1) is 13.8. The van der Waals surface area contributed by atoms with Crippen molar-refractivity contribution in [3.8, 4) is 0 Å². The van der Waals surface area contributed by atoms with Gasteiger partial charge in [0.05, 0.1) is 13.1 Å². The van der Waals surface area contributed by atoms with E-state index < -0.39 is 0 Å². The van der Waals surface area contributed by atoms with E-state index in [1.165, 1.54) is 0 Å². The monoisotopic (exact) mass is 322 g/mol. The molecule has 1 aromatic carbocycles. The standard InChI is InChI=1S/C14H15BrN2O2/c1-10-2-7-13(19-10)8-16-9-14(18)17-12-5-3-11(15)4-6-12/h2-7,16H,8-9H2,1H3,(H,17,18). The Morgan fingerprint density at radius 3 is 2.58 bits per heavy atom. The van der Waals surface area contributed by atoms with E-state index in [-0.39, 0.29) is 12.5 Å². The largest absolute Gasteiger partial charge is 0.465 e. The van der Waals surface area contributed by atoms with Crippen LogP contribution in [0.2, 0.25) is 0 Å². The third kappa shape index (κ3) is 4.54. The van der Waals surface area contributed by atoms with Gasteiger partial charge in [-0.3, -0.25) is 4.79 Å². The Bertz CT molecular complexity index is 549. The Labute approximate surface area is 120 Å². The molecule has 5 heteroatoms. The maximum absolute atomic E-state index is 11.7. The van der Waals surface area contributed by atoms with Crippen molar-refractivity contribution in [2.45, 2.75) is 13.5 Å². The van der Waals surface area contributed by atoms with Crippen LogP contribution in [0.25, 0.3) is 0 Å². The van der Waals surface area contributed by atoms with Crippen LogP contribution in [0.1, 0.15) is 11.5 Å². The molecule has 0 aliphatic carbocycles. The lowest BCUT2D eigenvalue weighted by Gasteiger charge is -2.06. The number of aryl methyl sites for hydroxylation is 1. The van der Waals surface area contributed by atoms with Gasteiger partial charge in [0.1, 0.15) is 11.5 Å². The molecule has 1 heterocycles. The summed E-state index contributed by atoms with van der Waals surface area (Å²) in [5.74, 6) is 1.62. The molecule has 0 unspecified atom stereocenters. The molecule has 1 aromatic heterocycles. The van der Waals surface area contributed by atoms with Gasteiger partial charge in [-0.2, -0.15) is 0 Å². The minimum absolute atomic E-state index is 0.0781. The van der Waals surface area contributed by atoms with E-state index in [0.717, 1.165) is 21.7 Å². The number of anilines is 1. The number of hydrogen-bond donors (Lipinski definition) is 2. The second-order valence-corrected chi connectivity index (χ2v) is 5.09. The zero-order valence-corrected chi connectivity index (χ0v) is 12.2. The predicted octanol–water partition coefficient (Wildman–Crippen LogP) is 3.08. The molecule has 2 N–H and O–H groups in total. The van der Waals surface area contributed by atoms with Gasteiger partial charge in [0.2, 0.25) is 5.91 Å². The Hall–Kier alpha value is -1.59. The molecule has 0 saturated heterocycles. The molecule has 0 atom stereocenters. The lowest BCUT2D eigenvalue weighted by molar-refractivity contribution is -0.115. The van der Waals surface area contributed by atoms with Crippen LogP contribution >= 0.6 is 15.9 Å². The van der Waals surface area contributed by atoms with E-state index in [1.807, 2.05) is 43.3 Å². The predicted molar refractivity (Wildman–Crippen MR) is 77.9 cm³/mol. The Kier molecular flexibility index (Phi) is 4.76. The first-order chi connectivity index (χ1) is 9.13. The van der Waals surface area contributed by atoms with Gasteiger partial charge in [-0.05, 0) is 43.3 Å². The number of rotatable bonds is 5. The molecule has 0 spiro atoms. The Morgan fingerprint density at radius 1 is 1.21 bits per heavy atom. The molecule has 1 amide bonds. The molecular formula is C14H15BrN2O2. The van der Waals surface area contributed by atoms with Crippen LogP contribution < -0.4 is 10.6 Å². The summed E-state index contributed by atoms with van der Waals surface area (Å²) in [6.45, 7) is 2.68. The number of hydrogen-bond acceptors (Lipinski definition) is 3. The highest BCUT2D eigenvalue weighted by Gasteiger charge is 2.03. The molecule has 2 aromatic rings. The van der Waals surface area contributed by atoms with Gasteiger partial charge in [-0.1, -0.05) is 15.9 Å². The number of carbonyl (C=O) groups excluding carboxylic acids is 1. The van der Waals surface area contributed by atoms with Crippen molar-refractivity contribution in [2.24, 2.45) is 0 Å². The summed E-state index contributed by atoms with van der Waals surface area (Å²) >= 11 is 3.35. The highest BCUT2D eigenvalue weighted by molar-refractivity contribution is 9.10. The fourth-order valence-corrected chi connectivity index (χ4v) is 1.88. The number of furan rings is 1. The van der Waals surface area contributed by atoms with E-state index in [4.69, 9.17) is 4.42 Å². The van der Waals surface area contributed by atoms with Gasteiger partial charge in [0.25, 0.3) is 0 Å². The highest BCUT2D eigenvalue weighted by atomic mass is 79.9. The van der Waals surface area contributed by atoms with Crippen LogP contribution in [-0.4, -0.2) is 12.5 Å². The second kappa shape index (κ2) is 6.54. The number of nitrogens with one attached hydrogen (secondary N) is 2. The quantitative estimate of drug-likeness (QED) is 0.889. The van der Waals surface area contributed by atoms with E-state index in [2.05, 4.69) is 26.6 Å². The average Bonchev–Trinajstić information content (AvgIpc) is 2.78. The molecule has 0 radical (unpaired) electrons. The summed E-state index contributed by atoms with van der Waals surface area (Å²) < 4.78 is 6.38. The van der Waals surface area contributed by atoms with Crippen molar-refractivity contribution < 1.29 is 9.21 Å². The number of benzene rings is 1. The normalized spacial score (nSPS) is 10.4. The van der Waals surface area contributed by atoms with Gasteiger partial charge in [-0.25, -0.2) is 0 Å². The van der Waals surface area contributed by atoms with Crippen LogP contribution in [0.4, 0.5) is 5.69 Å². The van der Waals surface area contributed by atoms with Gasteiger partial charge in [0, 0.05) is 10.2 Å². The lowest BCUT2D eigenvalue weighted by atomic mass is 10.3. The minimum atomic E-state index is -0.0781. The summed E-state index contributed by atoms with van der Waals surface area (Å²) in [7, 11) is 0. The van der Waals surface area contributed by atoms with E-state index in [1.54, 1.807) is 0 Å². The summed E-state index contributed by atoms with van der Waals surface area (Å²) in [6, 6.07) is 11.3. The lowest BCUT2D eigenvalue weighted by Crippen LogP contribution is -2.27. The zero-order valence-electron chi connectivity index (χ0n) is 10.6. The molecule has 0 fully saturated rings. The molecule has 100 valence electrons.